The summed E-state index contributed by atoms with van der Waals surface area (Å²) in [6.45, 7) is -0.467. The predicted octanol–water partition coefficient (Wildman–Crippen LogP) is 5.40. The second-order valence-corrected chi connectivity index (χ2v) is 12.9. The maximum Gasteiger partial charge on any atom is 0.270 e. The number of aliphatic hydroxyl groups excluding tert-OH is 1. The lowest BCUT2D eigenvalue weighted by molar-refractivity contribution is -0.385. The molecule has 0 aliphatic rings. The minimum absolute atomic E-state index is 0.0935. The summed E-state index contributed by atoms with van der Waals surface area (Å²) in [5.41, 5.74) is 1.56. The molecule has 0 spiro atoms. The van der Waals surface area contributed by atoms with Crippen LogP contribution in [0.15, 0.2) is 119 Å². The standard InChI is InChI=1S/C32H29N3O6S2/c36-30(22-34(21-24-10-5-2-6-11-24)43(40,41)28-13-7-12-27(20-28)35(38)39)29(18-23-8-3-1-4-9-23)33-32(37)26-14-15-31-25(19-26)16-17-42-31/h1-17,19-20,29-30,36H,18,21-22H2,(H,33,37)/t29-,30+/m0/s1. The van der Waals surface area contributed by atoms with E-state index in [-0.39, 0.29) is 30.1 Å². The molecule has 1 aromatic heterocycles. The number of nitrogens with one attached hydrogen (secondary N) is 1. The fourth-order valence-corrected chi connectivity index (χ4v) is 7.05. The zero-order valence-corrected chi connectivity index (χ0v) is 24.6. The lowest BCUT2D eigenvalue weighted by Gasteiger charge is -2.30. The summed E-state index contributed by atoms with van der Waals surface area (Å²) in [5, 5.41) is 28.7. The van der Waals surface area contributed by atoms with E-state index in [9.17, 15) is 28.4 Å². The second-order valence-electron chi connectivity index (χ2n) is 10.0. The highest BCUT2D eigenvalue weighted by Crippen LogP contribution is 2.25. The van der Waals surface area contributed by atoms with Crippen molar-refractivity contribution in [1.29, 1.82) is 0 Å². The van der Waals surface area contributed by atoms with Crippen molar-refractivity contribution >= 4 is 43.0 Å². The van der Waals surface area contributed by atoms with Gasteiger partial charge in [0.1, 0.15) is 0 Å². The molecular weight excluding hydrogens is 587 g/mol. The van der Waals surface area contributed by atoms with Crippen molar-refractivity contribution in [2.75, 3.05) is 6.54 Å². The molecule has 0 fully saturated rings. The minimum atomic E-state index is -4.30. The first-order chi connectivity index (χ1) is 20.7. The summed E-state index contributed by atoms with van der Waals surface area (Å²) in [5.74, 6) is -0.399. The van der Waals surface area contributed by atoms with Crippen molar-refractivity contribution in [2.24, 2.45) is 0 Å². The molecule has 11 heteroatoms. The summed E-state index contributed by atoms with van der Waals surface area (Å²) in [6.07, 6.45) is -1.09. The van der Waals surface area contributed by atoms with Crippen LogP contribution in [0.1, 0.15) is 21.5 Å². The van der Waals surface area contributed by atoms with Gasteiger partial charge in [0.15, 0.2) is 0 Å². The van der Waals surface area contributed by atoms with Crippen LogP contribution in [0.5, 0.6) is 0 Å². The number of nitro benzene ring substituents is 1. The molecule has 1 heterocycles. The number of hydrogen-bond acceptors (Lipinski definition) is 7. The molecule has 5 rings (SSSR count). The lowest BCUT2D eigenvalue weighted by Crippen LogP contribution is -2.50. The Morgan fingerprint density at radius 3 is 2.30 bits per heavy atom. The molecule has 0 saturated heterocycles. The molecule has 1 amide bonds. The number of nitro groups is 1. The number of amides is 1. The number of aliphatic hydroxyl groups is 1. The average molecular weight is 616 g/mol. The Balaban J connectivity index is 1.46. The minimum Gasteiger partial charge on any atom is -0.390 e. The number of benzene rings is 4. The largest absolute Gasteiger partial charge is 0.390 e. The molecule has 220 valence electrons. The SMILES string of the molecule is O=C(N[C@@H](Cc1ccccc1)[C@H](O)CN(Cc1ccccc1)S(=O)(=O)c1cccc([N+](=O)[O-])c1)c1ccc2sccc2c1. The zero-order valence-electron chi connectivity index (χ0n) is 22.9. The number of non-ortho nitro benzene ring substituents is 1. The molecule has 0 aliphatic heterocycles. The van der Waals surface area contributed by atoms with Crippen LogP contribution in [0, 0.1) is 10.1 Å². The molecule has 0 bridgehead atoms. The van der Waals surface area contributed by atoms with Crippen molar-refractivity contribution in [3.8, 4) is 0 Å². The van der Waals surface area contributed by atoms with Gasteiger partial charge in [-0.2, -0.15) is 4.31 Å². The van der Waals surface area contributed by atoms with Crippen LogP contribution in [-0.2, 0) is 23.0 Å². The molecule has 4 aromatic carbocycles. The normalized spacial score (nSPS) is 13.1. The Kier molecular flexibility index (Phi) is 9.27. The molecule has 2 atom stereocenters. The Morgan fingerprint density at radius 1 is 0.907 bits per heavy atom. The van der Waals surface area contributed by atoms with Crippen molar-refractivity contribution in [2.45, 2.75) is 30.0 Å². The van der Waals surface area contributed by atoms with Crippen LogP contribution in [-0.4, -0.2) is 47.4 Å². The third-order valence-corrected chi connectivity index (χ3v) is 9.76. The maximum atomic E-state index is 13.9. The number of nitrogens with zero attached hydrogens (tertiary/aromatic N) is 2. The fraction of sp³-hybridized carbons (Fsp3) is 0.156. The summed E-state index contributed by atoms with van der Waals surface area (Å²) < 4.78 is 29.9. The molecule has 5 aromatic rings. The number of fused-ring (bicyclic) bond motifs is 1. The summed E-state index contributed by atoms with van der Waals surface area (Å²) in [7, 11) is -4.30. The second kappa shape index (κ2) is 13.3. The molecule has 2 N–H and O–H groups in total. The first kappa shape index (κ1) is 30.1. The highest BCUT2D eigenvalue weighted by atomic mass is 32.2. The van der Waals surface area contributed by atoms with Crippen molar-refractivity contribution in [3.63, 3.8) is 0 Å². The van der Waals surface area contributed by atoms with Gasteiger partial charge in [0.25, 0.3) is 11.6 Å². The number of hydrogen-bond donors (Lipinski definition) is 2. The van der Waals surface area contributed by atoms with Gasteiger partial charge in [0.05, 0.1) is 22.0 Å². The number of carbonyl (C=O) groups is 1. The van der Waals surface area contributed by atoms with Gasteiger partial charge in [-0.3, -0.25) is 14.9 Å². The van der Waals surface area contributed by atoms with E-state index in [2.05, 4.69) is 5.32 Å². The van der Waals surface area contributed by atoms with E-state index in [0.717, 1.165) is 26.0 Å². The van der Waals surface area contributed by atoms with E-state index >= 15 is 0 Å². The van der Waals surface area contributed by atoms with Crippen LogP contribution in [0.4, 0.5) is 5.69 Å². The Bertz CT molecular complexity index is 1830. The maximum absolute atomic E-state index is 13.9. The van der Waals surface area contributed by atoms with Crippen molar-refractivity contribution in [1.82, 2.24) is 9.62 Å². The number of rotatable bonds is 12. The van der Waals surface area contributed by atoms with Crippen molar-refractivity contribution < 1.29 is 23.2 Å². The number of thiophene rings is 1. The molecule has 0 saturated carbocycles. The third kappa shape index (κ3) is 7.33. The first-order valence-electron chi connectivity index (χ1n) is 13.5. The van der Waals surface area contributed by atoms with Gasteiger partial charge in [0, 0.05) is 35.5 Å². The number of carbonyl (C=O) groups excluding carboxylic acids is 1. The van der Waals surface area contributed by atoms with E-state index < -0.39 is 33.0 Å². The van der Waals surface area contributed by atoms with Crippen LogP contribution >= 0.6 is 11.3 Å². The monoisotopic (exact) mass is 615 g/mol. The van der Waals surface area contributed by atoms with Gasteiger partial charge in [-0.05, 0) is 58.6 Å². The molecule has 0 aliphatic carbocycles. The van der Waals surface area contributed by atoms with Gasteiger partial charge < -0.3 is 10.4 Å². The molecule has 9 nitrogen and oxygen atoms in total. The van der Waals surface area contributed by atoms with Gasteiger partial charge in [0.2, 0.25) is 10.0 Å². The predicted molar refractivity (Wildman–Crippen MR) is 166 cm³/mol. The van der Waals surface area contributed by atoms with Crippen LogP contribution < -0.4 is 5.32 Å². The van der Waals surface area contributed by atoms with Gasteiger partial charge in [-0.1, -0.05) is 66.7 Å². The van der Waals surface area contributed by atoms with E-state index in [1.807, 2.05) is 47.8 Å². The smallest absolute Gasteiger partial charge is 0.270 e. The summed E-state index contributed by atoms with van der Waals surface area (Å²) in [6, 6.07) is 29.4. The van der Waals surface area contributed by atoms with Gasteiger partial charge in [-0.25, -0.2) is 8.42 Å². The zero-order chi connectivity index (χ0) is 30.4. The Labute approximate surface area is 253 Å². The quantitative estimate of drug-likeness (QED) is 0.143. The number of sulfonamides is 1. The summed E-state index contributed by atoms with van der Waals surface area (Å²) >= 11 is 1.57. The lowest BCUT2D eigenvalue weighted by atomic mass is 10.00. The Morgan fingerprint density at radius 2 is 1.60 bits per heavy atom. The topological polar surface area (TPSA) is 130 Å². The van der Waals surface area contributed by atoms with Crippen LogP contribution in [0.2, 0.25) is 0 Å². The fourth-order valence-electron chi connectivity index (χ4n) is 4.79. The molecule has 0 unspecified atom stereocenters. The summed E-state index contributed by atoms with van der Waals surface area (Å²) in [4.78, 5) is 23.8. The molecular formula is C32H29N3O6S2. The molecule has 43 heavy (non-hydrogen) atoms. The Hall–Kier alpha value is -4.42. The third-order valence-electron chi connectivity index (χ3n) is 7.05. The van der Waals surface area contributed by atoms with E-state index in [1.54, 1.807) is 53.8 Å². The van der Waals surface area contributed by atoms with Crippen LogP contribution in [0.3, 0.4) is 0 Å². The van der Waals surface area contributed by atoms with E-state index in [1.165, 1.54) is 18.2 Å². The first-order valence-corrected chi connectivity index (χ1v) is 15.8. The van der Waals surface area contributed by atoms with Crippen molar-refractivity contribution in [3.05, 3.63) is 141 Å². The highest BCUT2D eigenvalue weighted by molar-refractivity contribution is 7.89. The molecule has 0 radical (unpaired) electrons. The van der Waals surface area contributed by atoms with Gasteiger partial charge in [-0.15, -0.1) is 11.3 Å². The highest BCUT2D eigenvalue weighted by Gasteiger charge is 2.32. The van der Waals surface area contributed by atoms with Crippen LogP contribution in [0.25, 0.3) is 10.1 Å². The average Bonchev–Trinajstić information content (AvgIpc) is 3.49. The van der Waals surface area contributed by atoms with E-state index in [4.69, 9.17) is 0 Å². The van der Waals surface area contributed by atoms with E-state index in [0.29, 0.717) is 11.1 Å². The van der Waals surface area contributed by atoms with Gasteiger partial charge >= 0.3 is 0 Å².